The number of carbonyl (C=O) groups is 1. The third kappa shape index (κ3) is 1.02. The molecular formula is C9H7NOS. The smallest absolute Gasteiger partial charge is 0.160 e. The molecule has 0 N–H and O–H groups in total. The van der Waals surface area contributed by atoms with Crippen molar-refractivity contribution < 1.29 is 4.79 Å². The normalized spacial score (nSPS) is 10.4. The van der Waals surface area contributed by atoms with E-state index >= 15 is 0 Å². The minimum Gasteiger partial charge on any atom is -0.297 e. The van der Waals surface area contributed by atoms with Gasteiger partial charge in [0.05, 0.1) is 9.58 Å². The molecule has 0 amide bonds. The van der Waals surface area contributed by atoms with E-state index < -0.39 is 0 Å². The highest BCUT2D eigenvalue weighted by atomic mass is 32.1. The van der Waals surface area contributed by atoms with Gasteiger partial charge in [-0.2, -0.15) is 0 Å². The van der Waals surface area contributed by atoms with Gasteiger partial charge in [0.2, 0.25) is 0 Å². The summed E-state index contributed by atoms with van der Waals surface area (Å²) in [4.78, 5) is 15.3. The van der Waals surface area contributed by atoms with E-state index in [1.54, 1.807) is 6.20 Å². The summed E-state index contributed by atoms with van der Waals surface area (Å²) in [5.41, 5.74) is 1.12. The first-order chi connectivity index (χ1) is 5.81. The molecule has 0 aliphatic rings. The maximum atomic E-state index is 10.5. The van der Waals surface area contributed by atoms with Crippen LogP contribution < -0.4 is 0 Å². The van der Waals surface area contributed by atoms with E-state index in [2.05, 4.69) is 4.98 Å². The summed E-state index contributed by atoms with van der Waals surface area (Å²) in [5.74, 6) is 0. The van der Waals surface area contributed by atoms with E-state index in [1.807, 2.05) is 19.2 Å². The summed E-state index contributed by atoms with van der Waals surface area (Å²) < 4.78 is 1.08. The van der Waals surface area contributed by atoms with Gasteiger partial charge in [0.1, 0.15) is 0 Å². The molecule has 0 bridgehead atoms. The van der Waals surface area contributed by atoms with Crippen LogP contribution in [0.2, 0.25) is 0 Å². The van der Waals surface area contributed by atoms with E-state index in [9.17, 15) is 4.79 Å². The maximum absolute atomic E-state index is 10.5. The van der Waals surface area contributed by atoms with Crippen molar-refractivity contribution in [1.29, 1.82) is 0 Å². The van der Waals surface area contributed by atoms with Crippen LogP contribution in [0, 0.1) is 6.92 Å². The van der Waals surface area contributed by atoms with E-state index in [0.717, 1.165) is 26.8 Å². The van der Waals surface area contributed by atoms with Crippen LogP contribution >= 0.6 is 11.3 Å². The van der Waals surface area contributed by atoms with Gasteiger partial charge in [-0.25, -0.2) is 0 Å². The lowest BCUT2D eigenvalue weighted by Gasteiger charge is -1.90. The molecule has 60 valence electrons. The second-order valence-electron chi connectivity index (χ2n) is 2.63. The molecule has 0 aromatic carbocycles. The second kappa shape index (κ2) is 2.68. The zero-order chi connectivity index (χ0) is 8.55. The van der Waals surface area contributed by atoms with Crippen LogP contribution in [-0.4, -0.2) is 11.3 Å². The van der Waals surface area contributed by atoms with Crippen molar-refractivity contribution in [3.8, 4) is 0 Å². The summed E-state index contributed by atoms with van der Waals surface area (Å²) >= 11 is 1.48. The minimum atomic E-state index is 0.765. The van der Waals surface area contributed by atoms with Crippen molar-refractivity contribution in [3.63, 3.8) is 0 Å². The van der Waals surface area contributed by atoms with E-state index in [1.165, 1.54) is 11.3 Å². The number of aryl methyl sites for hydroxylation is 1. The van der Waals surface area contributed by atoms with E-state index in [-0.39, 0.29) is 0 Å². The SMILES string of the molecule is Cc1cncc2sc(C=O)cc12. The fourth-order valence-corrected chi connectivity index (χ4v) is 2.10. The molecular weight excluding hydrogens is 170 g/mol. The third-order valence-electron chi connectivity index (χ3n) is 1.78. The van der Waals surface area contributed by atoms with Gasteiger partial charge >= 0.3 is 0 Å². The van der Waals surface area contributed by atoms with Crippen molar-refractivity contribution in [2.75, 3.05) is 0 Å². The Balaban J connectivity index is 2.82. The Labute approximate surface area is 73.9 Å². The van der Waals surface area contributed by atoms with Crippen molar-refractivity contribution in [2.24, 2.45) is 0 Å². The maximum Gasteiger partial charge on any atom is 0.160 e. The first kappa shape index (κ1) is 7.43. The number of fused-ring (bicyclic) bond motifs is 1. The molecule has 2 nitrogen and oxygen atoms in total. The van der Waals surface area contributed by atoms with Crippen LogP contribution in [0.25, 0.3) is 10.1 Å². The first-order valence-corrected chi connectivity index (χ1v) is 4.42. The lowest BCUT2D eigenvalue weighted by Crippen LogP contribution is -1.74. The average Bonchev–Trinajstić information content (AvgIpc) is 2.49. The molecule has 0 radical (unpaired) electrons. The molecule has 0 spiro atoms. The highest BCUT2D eigenvalue weighted by Crippen LogP contribution is 2.25. The summed E-state index contributed by atoms with van der Waals surface area (Å²) in [6, 6.07) is 1.91. The second-order valence-corrected chi connectivity index (χ2v) is 3.75. The van der Waals surface area contributed by atoms with Gasteiger partial charge < -0.3 is 0 Å². The molecule has 0 unspecified atom stereocenters. The number of carbonyl (C=O) groups excluding carboxylic acids is 1. The lowest BCUT2D eigenvalue weighted by atomic mass is 10.2. The molecule has 0 aliphatic heterocycles. The number of aldehydes is 1. The molecule has 2 rings (SSSR count). The molecule has 0 saturated carbocycles. The summed E-state index contributed by atoms with van der Waals surface area (Å²) in [6.45, 7) is 2.00. The third-order valence-corrected chi connectivity index (χ3v) is 2.78. The predicted molar refractivity (Wildman–Crippen MR) is 49.7 cm³/mol. The standard InChI is InChI=1S/C9H7NOS/c1-6-3-10-4-9-8(6)2-7(5-11)12-9/h2-5H,1H3. The van der Waals surface area contributed by atoms with E-state index in [0.29, 0.717) is 0 Å². The summed E-state index contributed by atoms with van der Waals surface area (Å²) in [7, 11) is 0. The number of hydrogen-bond acceptors (Lipinski definition) is 3. The molecule has 0 atom stereocenters. The number of thiophene rings is 1. The molecule has 2 heterocycles. The Hall–Kier alpha value is -1.22. The van der Waals surface area contributed by atoms with Crippen LogP contribution in [-0.2, 0) is 0 Å². The number of nitrogens with zero attached hydrogens (tertiary/aromatic N) is 1. The average molecular weight is 177 g/mol. The van der Waals surface area contributed by atoms with Crippen LogP contribution in [0.4, 0.5) is 0 Å². The van der Waals surface area contributed by atoms with Gasteiger partial charge in [0.15, 0.2) is 6.29 Å². The quantitative estimate of drug-likeness (QED) is 0.626. The highest BCUT2D eigenvalue weighted by Gasteiger charge is 2.02. The number of pyridine rings is 1. The Bertz CT molecular complexity index is 433. The van der Waals surface area contributed by atoms with Gasteiger partial charge in [0.25, 0.3) is 0 Å². The van der Waals surface area contributed by atoms with Crippen LogP contribution in [0.3, 0.4) is 0 Å². The first-order valence-electron chi connectivity index (χ1n) is 3.60. The Morgan fingerprint density at radius 2 is 2.33 bits per heavy atom. The molecule has 3 heteroatoms. The highest BCUT2D eigenvalue weighted by molar-refractivity contribution is 7.20. The van der Waals surface area contributed by atoms with Crippen LogP contribution in [0.15, 0.2) is 18.5 Å². The monoisotopic (exact) mass is 177 g/mol. The van der Waals surface area contributed by atoms with Crippen LogP contribution in [0.1, 0.15) is 15.2 Å². The summed E-state index contributed by atoms with van der Waals surface area (Å²) in [6.07, 6.45) is 4.48. The van der Waals surface area contributed by atoms with Crippen LogP contribution in [0.5, 0.6) is 0 Å². The molecule has 0 fully saturated rings. The number of rotatable bonds is 1. The van der Waals surface area contributed by atoms with Gasteiger partial charge in [-0.05, 0) is 23.9 Å². The Morgan fingerprint density at radius 3 is 3.00 bits per heavy atom. The number of aromatic nitrogens is 1. The summed E-state index contributed by atoms with van der Waals surface area (Å²) in [5, 5.41) is 1.14. The van der Waals surface area contributed by atoms with Gasteiger partial charge in [0, 0.05) is 12.4 Å². The molecule has 0 saturated heterocycles. The Morgan fingerprint density at radius 1 is 1.50 bits per heavy atom. The fourth-order valence-electron chi connectivity index (χ4n) is 1.17. The Kier molecular flexibility index (Phi) is 1.66. The van der Waals surface area contributed by atoms with Crippen molar-refractivity contribution in [3.05, 3.63) is 28.9 Å². The fraction of sp³-hybridized carbons (Fsp3) is 0.111. The molecule has 2 aromatic heterocycles. The van der Waals surface area contributed by atoms with Gasteiger partial charge in [-0.15, -0.1) is 11.3 Å². The predicted octanol–water partition coefficient (Wildman–Crippen LogP) is 2.42. The number of hydrogen-bond donors (Lipinski definition) is 0. The van der Waals surface area contributed by atoms with E-state index in [4.69, 9.17) is 0 Å². The van der Waals surface area contributed by atoms with Crippen molar-refractivity contribution in [1.82, 2.24) is 4.98 Å². The van der Waals surface area contributed by atoms with Crippen molar-refractivity contribution in [2.45, 2.75) is 6.92 Å². The van der Waals surface area contributed by atoms with Gasteiger partial charge in [-0.3, -0.25) is 9.78 Å². The zero-order valence-electron chi connectivity index (χ0n) is 6.57. The lowest BCUT2D eigenvalue weighted by molar-refractivity contribution is 0.112. The molecule has 2 aromatic rings. The largest absolute Gasteiger partial charge is 0.297 e. The topological polar surface area (TPSA) is 30.0 Å². The molecule has 0 aliphatic carbocycles. The minimum absolute atomic E-state index is 0.765. The molecule has 12 heavy (non-hydrogen) atoms. The zero-order valence-corrected chi connectivity index (χ0v) is 7.39. The van der Waals surface area contributed by atoms with Crippen molar-refractivity contribution >= 4 is 27.7 Å². The van der Waals surface area contributed by atoms with Gasteiger partial charge in [-0.1, -0.05) is 0 Å².